The number of hydrogen-bond acceptors (Lipinski definition) is 0. The summed E-state index contributed by atoms with van der Waals surface area (Å²) in [7, 11) is 0. The average Bonchev–Trinajstić information content (AvgIpc) is 2.37. The van der Waals surface area contributed by atoms with Gasteiger partial charge in [-0.3, -0.25) is 0 Å². The predicted octanol–water partition coefficient (Wildman–Crippen LogP) is 4.67. The fraction of sp³-hybridized carbons (Fsp3) is 0.444. The second-order valence-corrected chi connectivity index (χ2v) is 5.61. The molecule has 0 N–H and O–H groups in total. The van der Waals surface area contributed by atoms with Crippen LogP contribution in [0.2, 0.25) is 0 Å². The lowest BCUT2D eigenvalue weighted by Gasteiger charge is -2.32. The zero-order valence-corrected chi connectivity index (χ0v) is 11.4. The van der Waals surface area contributed by atoms with E-state index in [4.69, 9.17) is 0 Å². The maximum atomic E-state index is 4.14. The molecular formula is C18H22. The number of benzene rings is 1. The van der Waals surface area contributed by atoms with Crippen molar-refractivity contribution < 1.29 is 0 Å². The third-order valence-electron chi connectivity index (χ3n) is 3.92. The van der Waals surface area contributed by atoms with Crippen LogP contribution in [0.1, 0.15) is 38.7 Å². The van der Waals surface area contributed by atoms with Gasteiger partial charge in [0.15, 0.2) is 0 Å². The highest BCUT2D eigenvalue weighted by Gasteiger charge is 2.27. The summed E-state index contributed by atoms with van der Waals surface area (Å²) in [5.74, 6) is 8.71. The minimum Gasteiger partial charge on any atom is -0.0998 e. The lowest BCUT2D eigenvalue weighted by atomic mass is 9.72. The normalized spacial score (nSPS) is 27.1. The van der Waals surface area contributed by atoms with Crippen LogP contribution in [0, 0.1) is 29.6 Å². The molecule has 0 amide bonds. The van der Waals surface area contributed by atoms with Crippen molar-refractivity contribution in [1.29, 1.82) is 0 Å². The fourth-order valence-electron chi connectivity index (χ4n) is 2.83. The molecule has 0 saturated heterocycles. The maximum Gasteiger partial charge on any atom is 0.0274 e. The molecule has 0 aromatic heterocycles. The van der Waals surface area contributed by atoms with Crippen LogP contribution in [0.25, 0.3) is 0 Å². The van der Waals surface area contributed by atoms with E-state index in [0.29, 0.717) is 11.8 Å². The van der Waals surface area contributed by atoms with Crippen LogP contribution < -0.4 is 0 Å². The smallest absolute Gasteiger partial charge is 0.0274 e. The highest BCUT2D eigenvalue weighted by Crippen LogP contribution is 2.36. The van der Waals surface area contributed by atoms with Crippen molar-refractivity contribution in [3.05, 3.63) is 48.0 Å². The topological polar surface area (TPSA) is 0 Å². The Morgan fingerprint density at radius 1 is 1.22 bits per heavy atom. The summed E-state index contributed by atoms with van der Waals surface area (Å²) in [5, 5.41) is 0. The minimum atomic E-state index is 0.492. The Kier molecular flexibility index (Phi) is 4.26. The third-order valence-corrected chi connectivity index (χ3v) is 3.92. The van der Waals surface area contributed by atoms with Crippen molar-refractivity contribution in [2.24, 2.45) is 17.8 Å². The predicted molar refractivity (Wildman–Crippen MR) is 78.1 cm³/mol. The second kappa shape index (κ2) is 5.91. The second-order valence-electron chi connectivity index (χ2n) is 5.61. The Balaban J connectivity index is 2.14. The average molecular weight is 238 g/mol. The van der Waals surface area contributed by atoms with E-state index in [-0.39, 0.29) is 0 Å². The van der Waals surface area contributed by atoms with E-state index in [1.165, 1.54) is 24.8 Å². The molecule has 0 nitrogen and oxygen atoms in total. The van der Waals surface area contributed by atoms with Crippen molar-refractivity contribution in [1.82, 2.24) is 0 Å². The molecule has 0 heterocycles. The third kappa shape index (κ3) is 3.26. The quantitative estimate of drug-likeness (QED) is 0.493. The van der Waals surface area contributed by atoms with Gasteiger partial charge in [0, 0.05) is 11.5 Å². The molecule has 0 spiro atoms. The summed E-state index contributed by atoms with van der Waals surface area (Å²) in [4.78, 5) is 0. The molecule has 3 atom stereocenters. The molecule has 1 aromatic carbocycles. The molecule has 1 fully saturated rings. The Morgan fingerprint density at radius 2 is 1.94 bits per heavy atom. The summed E-state index contributed by atoms with van der Waals surface area (Å²) in [6.45, 7) is 8.63. The van der Waals surface area contributed by atoms with E-state index in [1.54, 1.807) is 0 Å². The lowest BCUT2D eigenvalue weighted by molar-refractivity contribution is 0.265. The SMILES string of the molecule is C=C(C)C1CC[C@@H](C)CC1C#Cc1ccccc1. The van der Waals surface area contributed by atoms with Crippen LogP contribution in [0.3, 0.4) is 0 Å². The van der Waals surface area contributed by atoms with Crippen LogP contribution in [0.5, 0.6) is 0 Å². The minimum absolute atomic E-state index is 0.492. The molecular weight excluding hydrogens is 216 g/mol. The molecule has 0 heteroatoms. The fourth-order valence-corrected chi connectivity index (χ4v) is 2.83. The number of hydrogen-bond donors (Lipinski definition) is 0. The molecule has 2 rings (SSSR count). The van der Waals surface area contributed by atoms with Crippen molar-refractivity contribution in [2.45, 2.75) is 33.1 Å². The van der Waals surface area contributed by atoms with Gasteiger partial charge in [0.25, 0.3) is 0 Å². The first-order valence-electron chi connectivity index (χ1n) is 6.89. The van der Waals surface area contributed by atoms with Crippen molar-refractivity contribution >= 4 is 0 Å². The summed E-state index contributed by atoms with van der Waals surface area (Å²) < 4.78 is 0. The van der Waals surface area contributed by atoms with E-state index in [9.17, 15) is 0 Å². The molecule has 1 aromatic rings. The van der Waals surface area contributed by atoms with Crippen LogP contribution >= 0.6 is 0 Å². The summed E-state index contributed by atoms with van der Waals surface area (Å²) in [6, 6.07) is 10.3. The molecule has 1 aliphatic rings. The van der Waals surface area contributed by atoms with E-state index >= 15 is 0 Å². The monoisotopic (exact) mass is 238 g/mol. The Bertz CT molecular complexity index is 458. The first-order chi connectivity index (χ1) is 8.66. The van der Waals surface area contributed by atoms with E-state index in [2.05, 4.69) is 44.4 Å². The zero-order chi connectivity index (χ0) is 13.0. The first kappa shape index (κ1) is 13.0. The molecule has 0 radical (unpaired) electrons. The Morgan fingerprint density at radius 3 is 2.61 bits per heavy atom. The van der Waals surface area contributed by atoms with Gasteiger partial charge in [0.05, 0.1) is 0 Å². The van der Waals surface area contributed by atoms with E-state index in [0.717, 1.165) is 11.5 Å². The molecule has 2 unspecified atom stereocenters. The van der Waals surface area contributed by atoms with Crippen LogP contribution in [-0.4, -0.2) is 0 Å². The van der Waals surface area contributed by atoms with Crippen LogP contribution in [0.15, 0.2) is 42.5 Å². The Hall–Kier alpha value is -1.48. The number of rotatable bonds is 1. The zero-order valence-electron chi connectivity index (χ0n) is 11.4. The molecule has 0 aliphatic heterocycles. The summed E-state index contributed by atoms with van der Waals surface area (Å²) >= 11 is 0. The van der Waals surface area contributed by atoms with Crippen LogP contribution in [0.4, 0.5) is 0 Å². The summed E-state index contributed by atoms with van der Waals surface area (Å²) in [5.41, 5.74) is 2.42. The molecule has 1 saturated carbocycles. The van der Waals surface area contributed by atoms with Gasteiger partial charge in [0.2, 0.25) is 0 Å². The van der Waals surface area contributed by atoms with Gasteiger partial charge in [-0.05, 0) is 43.7 Å². The molecule has 0 bridgehead atoms. The highest BCUT2D eigenvalue weighted by atomic mass is 14.3. The van der Waals surface area contributed by atoms with E-state index in [1.807, 2.05) is 18.2 Å². The van der Waals surface area contributed by atoms with E-state index < -0.39 is 0 Å². The van der Waals surface area contributed by atoms with Gasteiger partial charge in [0.1, 0.15) is 0 Å². The highest BCUT2D eigenvalue weighted by molar-refractivity contribution is 5.34. The van der Waals surface area contributed by atoms with Crippen molar-refractivity contribution in [3.8, 4) is 11.8 Å². The largest absolute Gasteiger partial charge is 0.0998 e. The Labute approximate surface area is 111 Å². The van der Waals surface area contributed by atoms with Crippen LogP contribution in [-0.2, 0) is 0 Å². The first-order valence-corrected chi connectivity index (χ1v) is 6.89. The van der Waals surface area contributed by atoms with Gasteiger partial charge in [-0.15, -0.1) is 0 Å². The number of allylic oxidation sites excluding steroid dienone is 1. The lowest BCUT2D eigenvalue weighted by Crippen LogP contribution is -2.23. The standard InChI is InChI=1S/C18H22/c1-14(2)18-12-9-15(3)13-17(18)11-10-16-7-5-4-6-8-16/h4-8,15,17-18H,1,9,12-13H2,2-3H3/t15-,17?,18?/m1/s1. The summed E-state index contributed by atoms with van der Waals surface area (Å²) in [6.07, 6.45) is 3.79. The van der Waals surface area contributed by atoms with Gasteiger partial charge in [-0.2, -0.15) is 0 Å². The van der Waals surface area contributed by atoms with Crippen molar-refractivity contribution in [3.63, 3.8) is 0 Å². The molecule has 1 aliphatic carbocycles. The van der Waals surface area contributed by atoms with Gasteiger partial charge >= 0.3 is 0 Å². The van der Waals surface area contributed by atoms with Gasteiger partial charge in [-0.1, -0.05) is 55.5 Å². The molecule has 18 heavy (non-hydrogen) atoms. The van der Waals surface area contributed by atoms with Crippen molar-refractivity contribution in [2.75, 3.05) is 0 Å². The maximum absolute atomic E-state index is 4.14. The molecule has 94 valence electrons. The van der Waals surface area contributed by atoms with Gasteiger partial charge < -0.3 is 0 Å². The van der Waals surface area contributed by atoms with Gasteiger partial charge in [-0.25, -0.2) is 0 Å².